The van der Waals surface area contributed by atoms with Crippen molar-refractivity contribution in [1.82, 2.24) is 0 Å². The Morgan fingerprint density at radius 1 is 1.00 bits per heavy atom. The summed E-state index contributed by atoms with van der Waals surface area (Å²) < 4.78 is 21.2. The number of hydrogen-bond acceptors (Lipinski definition) is 7. The summed E-state index contributed by atoms with van der Waals surface area (Å²) in [6, 6.07) is 0. The van der Waals surface area contributed by atoms with Gasteiger partial charge in [-0.3, -0.25) is 0 Å². The zero-order valence-electron chi connectivity index (χ0n) is 8.83. The molecule has 0 aliphatic rings. The van der Waals surface area contributed by atoms with Gasteiger partial charge < -0.3 is 33.8 Å². The Kier molecular flexibility index (Phi) is 5.83. The second kappa shape index (κ2) is 5.74. The first kappa shape index (κ1) is 16.3. The van der Waals surface area contributed by atoms with E-state index in [1.165, 1.54) is 0 Å². The van der Waals surface area contributed by atoms with Crippen LogP contribution < -0.4 is 19.6 Å². The van der Waals surface area contributed by atoms with Gasteiger partial charge in [0.1, 0.15) is 5.08 Å². The van der Waals surface area contributed by atoms with Gasteiger partial charge in [-0.05, 0) is 28.0 Å². The molecule has 0 rings (SSSR count). The van der Waals surface area contributed by atoms with Gasteiger partial charge in [-0.15, -0.1) is 0 Å². The van der Waals surface area contributed by atoms with E-state index in [2.05, 4.69) is 0 Å². The highest BCUT2D eigenvalue weighted by atomic mass is 31.2. The fraction of sp³-hybridized carbons (Fsp3) is 1.00. The van der Waals surface area contributed by atoms with E-state index in [0.29, 0.717) is 12.8 Å². The second-order valence-electron chi connectivity index (χ2n) is 3.58. The van der Waals surface area contributed by atoms with Crippen LogP contribution in [0.5, 0.6) is 0 Å². The van der Waals surface area contributed by atoms with Gasteiger partial charge in [0.2, 0.25) is 0 Å². The summed E-state index contributed by atoms with van der Waals surface area (Å²) in [6.45, 7) is 1.87. The lowest BCUT2D eigenvalue weighted by Crippen LogP contribution is -2.45. The summed E-state index contributed by atoms with van der Waals surface area (Å²) in [5, 5.41) is 5.52. The second-order valence-corrected chi connectivity index (χ2v) is 7.40. The lowest BCUT2D eigenvalue weighted by atomic mass is 10.2. The SMILES string of the molecule is CCCCCCC(O)(P(=O)([O-])[O-])P(=O)([O-])[O-]. The van der Waals surface area contributed by atoms with Gasteiger partial charge in [0.15, 0.2) is 0 Å². The van der Waals surface area contributed by atoms with E-state index in [-0.39, 0.29) is 6.42 Å². The number of rotatable bonds is 7. The molecule has 0 bridgehead atoms. The highest BCUT2D eigenvalue weighted by Crippen LogP contribution is 2.61. The minimum Gasteiger partial charge on any atom is -0.808 e. The van der Waals surface area contributed by atoms with Crippen LogP contribution in [0.2, 0.25) is 0 Å². The Balaban J connectivity index is 4.73. The Morgan fingerprint density at radius 3 is 1.75 bits per heavy atom. The largest absolute Gasteiger partial charge is 0.808 e. The molecule has 0 saturated heterocycles. The van der Waals surface area contributed by atoms with Crippen molar-refractivity contribution in [1.29, 1.82) is 0 Å². The van der Waals surface area contributed by atoms with Gasteiger partial charge in [-0.2, -0.15) is 0 Å². The average Bonchev–Trinajstić information content (AvgIpc) is 2.08. The molecule has 9 heteroatoms. The van der Waals surface area contributed by atoms with Crippen LogP contribution in [0.25, 0.3) is 0 Å². The third-order valence-corrected chi connectivity index (χ3v) is 5.91. The number of unbranched alkanes of at least 4 members (excludes halogenated alkanes) is 3. The van der Waals surface area contributed by atoms with Crippen LogP contribution in [0, 0.1) is 0 Å². The molecular weight excluding hydrogens is 258 g/mol. The molecule has 0 amide bonds. The first-order valence-corrected chi connectivity index (χ1v) is 7.91. The molecule has 0 aromatic rings. The topological polar surface area (TPSA) is 147 Å². The van der Waals surface area contributed by atoms with E-state index in [0.717, 1.165) is 6.42 Å². The van der Waals surface area contributed by atoms with Crippen LogP contribution in [0.4, 0.5) is 0 Å². The molecule has 0 unspecified atom stereocenters. The fourth-order valence-electron chi connectivity index (χ4n) is 1.21. The summed E-state index contributed by atoms with van der Waals surface area (Å²) >= 11 is 0. The molecule has 0 atom stereocenters. The Labute approximate surface area is 93.8 Å². The third-order valence-electron chi connectivity index (χ3n) is 2.24. The molecule has 0 aromatic carbocycles. The van der Waals surface area contributed by atoms with E-state index in [9.17, 15) is 33.8 Å². The summed E-state index contributed by atoms with van der Waals surface area (Å²) in [5.74, 6) is 0. The van der Waals surface area contributed by atoms with Gasteiger partial charge in [-0.1, -0.05) is 26.2 Å². The molecule has 0 aromatic heterocycles. The predicted molar refractivity (Wildman–Crippen MR) is 48.9 cm³/mol. The van der Waals surface area contributed by atoms with Gasteiger partial charge in [-0.25, -0.2) is 0 Å². The summed E-state index contributed by atoms with van der Waals surface area (Å²) in [6.07, 6.45) is 1.07. The molecule has 1 N–H and O–H groups in total. The lowest BCUT2D eigenvalue weighted by Gasteiger charge is -2.56. The van der Waals surface area contributed by atoms with Crippen LogP contribution in [0.3, 0.4) is 0 Å². The molecule has 0 spiro atoms. The maximum Gasteiger partial charge on any atom is 0.117 e. The van der Waals surface area contributed by atoms with Crippen LogP contribution >= 0.6 is 15.2 Å². The van der Waals surface area contributed by atoms with E-state index in [4.69, 9.17) is 0 Å². The highest BCUT2D eigenvalue weighted by Gasteiger charge is 2.34. The van der Waals surface area contributed by atoms with Crippen molar-refractivity contribution >= 4 is 15.2 Å². The normalized spacial score (nSPS) is 14.1. The van der Waals surface area contributed by atoms with E-state index in [1.54, 1.807) is 0 Å². The Hall–Kier alpha value is 0.260. The fourth-order valence-corrected chi connectivity index (χ4v) is 3.28. The molecule has 0 aliphatic heterocycles. The monoisotopic (exact) mass is 272 g/mol. The van der Waals surface area contributed by atoms with Crippen molar-refractivity contribution in [3.8, 4) is 0 Å². The zero-order valence-corrected chi connectivity index (χ0v) is 10.6. The molecule has 98 valence electrons. The predicted octanol–water partition coefficient (Wildman–Crippen LogP) is -1.57. The van der Waals surface area contributed by atoms with E-state index in [1.807, 2.05) is 6.92 Å². The first-order valence-electron chi connectivity index (χ1n) is 4.83. The van der Waals surface area contributed by atoms with Crippen molar-refractivity contribution in [3.05, 3.63) is 0 Å². The number of hydrogen-bond donors (Lipinski definition) is 1. The standard InChI is InChI=1S/C7H18O7P2/c1-2-3-4-5-6-7(8,15(9,10)11)16(12,13)14/h8H,2-6H2,1H3,(H2,9,10,11)(H2,12,13,14)/p-4. The van der Waals surface area contributed by atoms with Crippen LogP contribution in [0.1, 0.15) is 39.0 Å². The van der Waals surface area contributed by atoms with Crippen LogP contribution in [-0.2, 0) is 9.13 Å². The summed E-state index contributed by atoms with van der Waals surface area (Å²) in [4.78, 5) is 42.5. The molecule has 7 nitrogen and oxygen atoms in total. The first-order chi connectivity index (χ1) is 7.06. The quantitative estimate of drug-likeness (QED) is 0.435. The van der Waals surface area contributed by atoms with Gasteiger partial charge in [0.05, 0.1) is 0 Å². The molecule has 0 fully saturated rings. The van der Waals surface area contributed by atoms with E-state index >= 15 is 0 Å². The van der Waals surface area contributed by atoms with Gasteiger partial charge >= 0.3 is 0 Å². The minimum atomic E-state index is -5.89. The van der Waals surface area contributed by atoms with Crippen LogP contribution in [0.15, 0.2) is 0 Å². The average molecular weight is 272 g/mol. The molecule has 0 aliphatic carbocycles. The number of aliphatic hydroxyl groups is 1. The zero-order chi connectivity index (χ0) is 13.0. The minimum absolute atomic E-state index is 0.00667. The van der Waals surface area contributed by atoms with Crippen molar-refractivity contribution < 1.29 is 33.8 Å². The maximum atomic E-state index is 10.6. The molecule has 16 heavy (non-hydrogen) atoms. The van der Waals surface area contributed by atoms with Crippen LogP contribution in [-0.4, -0.2) is 10.2 Å². The highest BCUT2D eigenvalue weighted by molar-refractivity contribution is 7.69. The molecule has 0 saturated carbocycles. The molecule has 0 heterocycles. The smallest absolute Gasteiger partial charge is 0.117 e. The third kappa shape index (κ3) is 3.93. The maximum absolute atomic E-state index is 10.6. The molecular formula is C7H14O7P2-4. The Bertz CT molecular complexity index is 282. The molecule has 0 radical (unpaired) electrons. The summed E-state index contributed by atoms with van der Waals surface area (Å²) in [7, 11) is -11.8. The van der Waals surface area contributed by atoms with E-state index < -0.39 is 26.7 Å². The van der Waals surface area contributed by atoms with Gasteiger partial charge in [0.25, 0.3) is 0 Å². The van der Waals surface area contributed by atoms with Crippen molar-refractivity contribution in [3.63, 3.8) is 0 Å². The van der Waals surface area contributed by atoms with Gasteiger partial charge in [0, 0.05) is 0 Å². The van der Waals surface area contributed by atoms with Crippen molar-refractivity contribution in [2.24, 2.45) is 0 Å². The van der Waals surface area contributed by atoms with Crippen molar-refractivity contribution in [2.75, 3.05) is 0 Å². The summed E-state index contributed by atoms with van der Waals surface area (Å²) in [5.41, 5.74) is 0. The Morgan fingerprint density at radius 2 is 1.44 bits per heavy atom. The lowest BCUT2D eigenvalue weighted by molar-refractivity contribution is -0.349. The van der Waals surface area contributed by atoms with Crippen molar-refractivity contribution in [2.45, 2.75) is 44.1 Å².